The molecule has 28 heavy (non-hydrogen) atoms. The van der Waals surface area contributed by atoms with Crippen LogP contribution in [0.5, 0.6) is 0 Å². The number of halogens is 1. The van der Waals surface area contributed by atoms with E-state index in [1.807, 2.05) is 30.3 Å². The topological polar surface area (TPSA) is 76.3 Å². The fourth-order valence-electron chi connectivity index (χ4n) is 2.95. The van der Waals surface area contributed by atoms with Crippen molar-refractivity contribution in [3.8, 4) is 0 Å². The highest BCUT2D eigenvalue weighted by molar-refractivity contribution is 7.89. The van der Waals surface area contributed by atoms with Gasteiger partial charge in [0.25, 0.3) is 0 Å². The summed E-state index contributed by atoms with van der Waals surface area (Å²) in [6.07, 6.45) is 4.47. The predicted octanol–water partition coefficient (Wildman–Crippen LogP) is 4.27. The van der Waals surface area contributed by atoms with Gasteiger partial charge in [0.05, 0.1) is 18.3 Å². The van der Waals surface area contributed by atoms with Gasteiger partial charge in [0.2, 0.25) is 10.0 Å². The van der Waals surface area contributed by atoms with E-state index < -0.39 is 10.0 Å². The number of benzene rings is 1. The van der Waals surface area contributed by atoms with Gasteiger partial charge in [-0.25, -0.2) is 13.4 Å². The summed E-state index contributed by atoms with van der Waals surface area (Å²) in [5, 5.41) is 1.18. The second-order valence-corrected chi connectivity index (χ2v) is 8.49. The molecule has 1 aromatic carbocycles. The monoisotopic (exact) mass is 413 g/mol. The van der Waals surface area contributed by atoms with E-state index in [4.69, 9.17) is 16.0 Å². The van der Waals surface area contributed by atoms with Crippen LogP contribution in [0.1, 0.15) is 11.3 Å². The highest BCUT2D eigenvalue weighted by Crippen LogP contribution is 2.24. The predicted molar refractivity (Wildman–Crippen MR) is 106 cm³/mol. The third kappa shape index (κ3) is 3.77. The van der Waals surface area contributed by atoms with Crippen LogP contribution in [0.15, 0.2) is 82.6 Å². The van der Waals surface area contributed by atoms with Crippen molar-refractivity contribution >= 4 is 32.5 Å². The van der Waals surface area contributed by atoms with Crippen molar-refractivity contribution in [1.29, 1.82) is 0 Å². The molecule has 6 nitrogen and oxygen atoms in total. The van der Waals surface area contributed by atoms with Crippen LogP contribution in [0.4, 0.5) is 0 Å². The van der Waals surface area contributed by atoms with E-state index in [0.717, 1.165) is 16.5 Å². The van der Waals surface area contributed by atoms with Gasteiger partial charge < -0.3 is 4.42 Å². The van der Waals surface area contributed by atoms with Crippen LogP contribution in [0, 0.1) is 0 Å². The van der Waals surface area contributed by atoms with Crippen molar-refractivity contribution in [1.82, 2.24) is 14.3 Å². The fraction of sp³-hybridized carbons (Fsp3) is 0.100. The minimum absolute atomic E-state index is 0.0663. The Hall–Kier alpha value is -2.74. The third-order valence-corrected chi connectivity index (χ3v) is 6.31. The molecule has 8 heteroatoms. The zero-order valence-corrected chi connectivity index (χ0v) is 16.3. The summed E-state index contributed by atoms with van der Waals surface area (Å²) in [5.41, 5.74) is 1.56. The molecular weight excluding hydrogens is 398 g/mol. The van der Waals surface area contributed by atoms with Gasteiger partial charge in [0.1, 0.15) is 15.8 Å². The summed E-state index contributed by atoms with van der Waals surface area (Å²) in [7, 11) is -3.84. The van der Waals surface area contributed by atoms with Gasteiger partial charge in [0.15, 0.2) is 0 Å². The zero-order valence-electron chi connectivity index (χ0n) is 14.7. The molecule has 142 valence electrons. The van der Waals surface area contributed by atoms with Crippen molar-refractivity contribution < 1.29 is 12.8 Å². The number of hydrogen-bond donors (Lipinski definition) is 0. The highest BCUT2D eigenvalue weighted by atomic mass is 35.5. The summed E-state index contributed by atoms with van der Waals surface area (Å²) in [4.78, 5) is 8.39. The first-order chi connectivity index (χ1) is 13.5. The van der Waals surface area contributed by atoms with Crippen LogP contribution in [0.3, 0.4) is 0 Å². The smallest absolute Gasteiger partial charge is 0.245 e. The summed E-state index contributed by atoms with van der Waals surface area (Å²) in [6, 6.07) is 15.9. The SMILES string of the molecule is O=S(=O)(c1ccc(Cl)nc1)N(Cc1ccco1)Cc1cccc2cccnc12. The standard InChI is InChI=1S/C20H16ClN3O3S/c21-19-9-8-18(12-23-19)28(25,26)24(14-17-7-3-11-27-17)13-16-5-1-4-15-6-2-10-22-20(15)16/h1-12H,13-14H2. The molecule has 0 saturated heterocycles. The van der Waals surface area contributed by atoms with Gasteiger partial charge in [-0.3, -0.25) is 4.98 Å². The van der Waals surface area contributed by atoms with Gasteiger partial charge in [-0.15, -0.1) is 0 Å². The molecule has 0 aliphatic carbocycles. The van der Waals surface area contributed by atoms with Crippen LogP contribution in [-0.4, -0.2) is 22.7 Å². The molecule has 3 aromatic heterocycles. The molecule has 0 spiro atoms. The molecular formula is C20H16ClN3O3S. The lowest BCUT2D eigenvalue weighted by atomic mass is 10.1. The second kappa shape index (κ2) is 7.71. The average Bonchev–Trinajstić information content (AvgIpc) is 3.21. The number of nitrogens with zero attached hydrogens (tertiary/aromatic N) is 3. The Morgan fingerprint density at radius 2 is 1.82 bits per heavy atom. The van der Waals surface area contributed by atoms with E-state index in [9.17, 15) is 8.42 Å². The molecule has 0 saturated carbocycles. The van der Waals surface area contributed by atoms with E-state index in [1.54, 1.807) is 18.3 Å². The first-order valence-electron chi connectivity index (χ1n) is 8.51. The lowest BCUT2D eigenvalue weighted by Gasteiger charge is -2.22. The second-order valence-electron chi connectivity index (χ2n) is 6.16. The number of sulfonamides is 1. The lowest BCUT2D eigenvalue weighted by Crippen LogP contribution is -2.30. The number of pyridine rings is 2. The quantitative estimate of drug-likeness (QED) is 0.441. The Kier molecular flexibility index (Phi) is 5.13. The molecule has 4 aromatic rings. The highest BCUT2D eigenvalue weighted by Gasteiger charge is 2.27. The average molecular weight is 414 g/mol. The molecule has 0 atom stereocenters. The van der Waals surface area contributed by atoms with Crippen LogP contribution < -0.4 is 0 Å². The third-order valence-electron chi connectivity index (χ3n) is 4.31. The van der Waals surface area contributed by atoms with Crippen molar-refractivity contribution in [3.63, 3.8) is 0 Å². The van der Waals surface area contributed by atoms with E-state index in [1.165, 1.54) is 28.9 Å². The number of aromatic nitrogens is 2. The Balaban J connectivity index is 1.76. The maximum Gasteiger partial charge on any atom is 0.245 e. The Labute approximate surface area is 167 Å². The first kappa shape index (κ1) is 18.6. The van der Waals surface area contributed by atoms with Gasteiger partial charge in [-0.2, -0.15) is 4.31 Å². The van der Waals surface area contributed by atoms with Gasteiger partial charge in [-0.1, -0.05) is 35.9 Å². The van der Waals surface area contributed by atoms with Crippen LogP contribution in [0.25, 0.3) is 10.9 Å². The molecule has 0 bridgehead atoms. The summed E-state index contributed by atoms with van der Waals surface area (Å²) in [5.74, 6) is 0.540. The number of para-hydroxylation sites is 1. The van der Waals surface area contributed by atoms with Crippen LogP contribution >= 0.6 is 11.6 Å². The molecule has 4 rings (SSSR count). The van der Waals surface area contributed by atoms with E-state index >= 15 is 0 Å². The Morgan fingerprint density at radius 3 is 2.57 bits per heavy atom. The van der Waals surface area contributed by atoms with E-state index in [2.05, 4.69) is 9.97 Å². The first-order valence-corrected chi connectivity index (χ1v) is 10.3. The largest absolute Gasteiger partial charge is 0.468 e. The number of hydrogen-bond acceptors (Lipinski definition) is 5. The minimum Gasteiger partial charge on any atom is -0.468 e. The molecule has 3 heterocycles. The Morgan fingerprint density at radius 1 is 0.964 bits per heavy atom. The van der Waals surface area contributed by atoms with Gasteiger partial charge in [-0.05, 0) is 35.9 Å². The van der Waals surface area contributed by atoms with E-state index in [-0.39, 0.29) is 23.1 Å². The number of furan rings is 1. The van der Waals surface area contributed by atoms with Crippen LogP contribution in [0.2, 0.25) is 5.15 Å². The number of fused-ring (bicyclic) bond motifs is 1. The zero-order chi connectivity index (χ0) is 19.6. The molecule has 0 aliphatic rings. The summed E-state index contributed by atoms with van der Waals surface area (Å²) >= 11 is 5.81. The summed E-state index contributed by atoms with van der Waals surface area (Å²) in [6.45, 7) is 0.223. The molecule has 0 N–H and O–H groups in total. The molecule has 0 aliphatic heterocycles. The molecule has 0 radical (unpaired) electrons. The Bertz CT molecular complexity index is 1190. The van der Waals surface area contributed by atoms with Crippen molar-refractivity contribution in [3.05, 3.63) is 89.7 Å². The normalized spacial score (nSPS) is 11.9. The molecule has 0 fully saturated rings. The lowest BCUT2D eigenvalue weighted by molar-refractivity contribution is 0.359. The van der Waals surface area contributed by atoms with Crippen molar-refractivity contribution in [2.24, 2.45) is 0 Å². The van der Waals surface area contributed by atoms with E-state index in [0.29, 0.717) is 5.76 Å². The molecule has 0 unspecified atom stereocenters. The minimum atomic E-state index is -3.84. The van der Waals surface area contributed by atoms with Gasteiger partial charge in [0, 0.05) is 24.3 Å². The number of rotatable bonds is 6. The van der Waals surface area contributed by atoms with Crippen molar-refractivity contribution in [2.75, 3.05) is 0 Å². The van der Waals surface area contributed by atoms with Crippen molar-refractivity contribution in [2.45, 2.75) is 18.0 Å². The molecule has 0 amide bonds. The van der Waals surface area contributed by atoms with Crippen LogP contribution in [-0.2, 0) is 23.1 Å². The fourth-order valence-corrected chi connectivity index (χ4v) is 4.39. The van der Waals surface area contributed by atoms with Gasteiger partial charge >= 0.3 is 0 Å². The summed E-state index contributed by atoms with van der Waals surface area (Å²) < 4.78 is 33.3. The maximum absolute atomic E-state index is 13.3. The maximum atomic E-state index is 13.3.